The normalized spacial score (nSPS) is 15.5. The molecule has 0 bridgehead atoms. The van der Waals surface area contributed by atoms with Crippen molar-refractivity contribution in [3.05, 3.63) is 91.9 Å². The van der Waals surface area contributed by atoms with Gasteiger partial charge >= 0.3 is 5.97 Å². The fourth-order valence-electron chi connectivity index (χ4n) is 3.34. The molecule has 1 aliphatic rings. The molecular weight excluding hydrogens is 591 g/mol. The zero-order valence-electron chi connectivity index (χ0n) is 19.6. The van der Waals surface area contributed by atoms with Gasteiger partial charge in [-0.3, -0.25) is 9.69 Å². The molecule has 1 amide bonds. The number of thioether (sulfide) groups is 1. The molecule has 0 unspecified atom stereocenters. The third-order valence-electron chi connectivity index (χ3n) is 5.22. The Labute approximate surface area is 227 Å². The molecule has 36 heavy (non-hydrogen) atoms. The Morgan fingerprint density at radius 1 is 1.06 bits per heavy atom. The molecule has 4 rings (SSSR count). The molecule has 1 fully saturated rings. The predicted octanol–water partition coefficient (Wildman–Crippen LogP) is 6.20. The van der Waals surface area contributed by atoms with Gasteiger partial charge in [0.05, 0.1) is 22.8 Å². The first-order valence-electron chi connectivity index (χ1n) is 11.1. The number of hydrogen-bond acceptors (Lipinski definition) is 6. The van der Waals surface area contributed by atoms with Crippen LogP contribution in [0.5, 0.6) is 11.5 Å². The Morgan fingerprint density at radius 3 is 2.44 bits per heavy atom. The first kappa shape index (κ1) is 25.8. The van der Waals surface area contributed by atoms with Gasteiger partial charge in [-0.2, -0.15) is 0 Å². The van der Waals surface area contributed by atoms with Crippen LogP contribution in [0.2, 0.25) is 0 Å². The predicted molar refractivity (Wildman–Crippen MR) is 150 cm³/mol. The molecule has 0 saturated carbocycles. The molecule has 1 saturated heterocycles. The van der Waals surface area contributed by atoms with Crippen LogP contribution in [0.15, 0.2) is 76.6 Å². The molecule has 0 spiro atoms. The van der Waals surface area contributed by atoms with Crippen molar-refractivity contribution in [2.75, 3.05) is 13.7 Å². The summed E-state index contributed by atoms with van der Waals surface area (Å²) in [6, 6.07) is 19.9. The van der Waals surface area contributed by atoms with E-state index in [4.69, 9.17) is 14.6 Å². The molecular formula is C27H23IN2O5S. The molecule has 7 nitrogen and oxygen atoms in total. The van der Waals surface area contributed by atoms with Crippen molar-refractivity contribution in [3.8, 4) is 11.5 Å². The summed E-state index contributed by atoms with van der Waals surface area (Å²) >= 11 is 3.52. The number of halogens is 1. The van der Waals surface area contributed by atoms with Crippen molar-refractivity contribution in [2.24, 2.45) is 4.99 Å². The standard InChI is InChI=1S/C27H23IN2O5S/c1-3-34-23-14-18(6-13-22(23)35-16-17-4-9-20(28)10-5-17)15-24-25(31)30(2)27(36-24)29-21-11-7-19(8-12-21)26(32)33/h4-15H,3,16H2,1-2H3,(H,32,33)/b24-15-,29-27?. The van der Waals surface area contributed by atoms with Crippen LogP contribution in [0, 0.1) is 3.57 Å². The number of nitrogens with zero attached hydrogens (tertiary/aromatic N) is 2. The lowest BCUT2D eigenvalue weighted by Crippen LogP contribution is -2.23. The number of aliphatic imine (C=N–C) groups is 1. The summed E-state index contributed by atoms with van der Waals surface area (Å²) in [5, 5.41) is 9.57. The van der Waals surface area contributed by atoms with Crippen molar-refractivity contribution in [1.82, 2.24) is 4.90 Å². The fourth-order valence-corrected chi connectivity index (χ4v) is 4.68. The molecule has 0 radical (unpaired) electrons. The number of carboxylic acids is 1. The van der Waals surface area contributed by atoms with Gasteiger partial charge in [-0.1, -0.05) is 18.2 Å². The van der Waals surface area contributed by atoms with Crippen molar-refractivity contribution < 1.29 is 24.2 Å². The lowest BCUT2D eigenvalue weighted by molar-refractivity contribution is -0.121. The number of aromatic carboxylic acids is 1. The van der Waals surface area contributed by atoms with Gasteiger partial charge in [0, 0.05) is 10.6 Å². The average molecular weight is 614 g/mol. The molecule has 0 aliphatic carbocycles. The van der Waals surface area contributed by atoms with Crippen LogP contribution < -0.4 is 9.47 Å². The van der Waals surface area contributed by atoms with E-state index in [1.807, 2.05) is 49.4 Å². The highest BCUT2D eigenvalue weighted by molar-refractivity contribution is 14.1. The van der Waals surface area contributed by atoms with E-state index in [9.17, 15) is 9.59 Å². The van der Waals surface area contributed by atoms with E-state index >= 15 is 0 Å². The summed E-state index contributed by atoms with van der Waals surface area (Å²) < 4.78 is 13.0. The zero-order valence-corrected chi connectivity index (χ0v) is 22.6. The molecule has 1 N–H and O–H groups in total. The number of rotatable bonds is 8. The summed E-state index contributed by atoms with van der Waals surface area (Å²) in [7, 11) is 1.66. The maximum absolute atomic E-state index is 12.8. The topological polar surface area (TPSA) is 88.4 Å². The Hall–Kier alpha value is -3.31. The number of ether oxygens (including phenoxy) is 2. The van der Waals surface area contributed by atoms with E-state index in [0.29, 0.717) is 40.5 Å². The van der Waals surface area contributed by atoms with Gasteiger partial charge in [0.15, 0.2) is 16.7 Å². The van der Waals surface area contributed by atoms with E-state index in [0.717, 1.165) is 14.7 Å². The number of carbonyl (C=O) groups excluding carboxylic acids is 1. The van der Waals surface area contributed by atoms with Crippen molar-refractivity contribution in [1.29, 1.82) is 0 Å². The van der Waals surface area contributed by atoms with Crippen LogP contribution >= 0.6 is 34.4 Å². The Morgan fingerprint density at radius 2 is 1.78 bits per heavy atom. The lowest BCUT2D eigenvalue weighted by Gasteiger charge is -2.13. The third kappa shape index (κ3) is 6.27. The third-order valence-corrected chi connectivity index (χ3v) is 6.99. The second-order valence-corrected chi connectivity index (χ2v) is 10.0. The Bertz CT molecular complexity index is 1340. The average Bonchev–Trinajstić information content (AvgIpc) is 3.12. The molecule has 184 valence electrons. The van der Waals surface area contributed by atoms with Crippen LogP contribution in [0.25, 0.3) is 6.08 Å². The number of amidine groups is 1. The number of carbonyl (C=O) groups is 2. The van der Waals surface area contributed by atoms with Crippen molar-refractivity contribution in [3.63, 3.8) is 0 Å². The minimum atomic E-state index is -1.00. The maximum atomic E-state index is 12.8. The SMILES string of the molecule is CCOc1cc(/C=C2\SC(=Nc3ccc(C(=O)O)cc3)N(C)C2=O)ccc1OCc1ccc(I)cc1. The smallest absolute Gasteiger partial charge is 0.335 e. The second-order valence-electron chi connectivity index (χ2n) is 7.78. The van der Waals surface area contributed by atoms with Crippen molar-refractivity contribution >= 4 is 63.2 Å². The second kappa shape index (κ2) is 11.6. The molecule has 3 aromatic rings. The zero-order chi connectivity index (χ0) is 25.7. The van der Waals surface area contributed by atoms with Gasteiger partial charge in [0.1, 0.15) is 6.61 Å². The molecule has 3 aromatic carbocycles. The van der Waals surface area contributed by atoms with E-state index in [1.165, 1.54) is 28.8 Å². The number of likely N-dealkylation sites (N-methyl/N-ethyl adjacent to an activating group) is 1. The quantitative estimate of drug-likeness (QED) is 0.240. The minimum Gasteiger partial charge on any atom is -0.490 e. The van der Waals surface area contributed by atoms with Crippen LogP contribution in [-0.2, 0) is 11.4 Å². The highest BCUT2D eigenvalue weighted by Gasteiger charge is 2.30. The van der Waals surface area contributed by atoms with Crippen molar-refractivity contribution in [2.45, 2.75) is 13.5 Å². The summed E-state index contributed by atoms with van der Waals surface area (Å²) in [4.78, 5) is 30.4. The Balaban J connectivity index is 1.52. The molecule has 1 aliphatic heterocycles. The number of carboxylic acid groups (broad SMARTS) is 1. The minimum absolute atomic E-state index is 0.169. The van der Waals surface area contributed by atoms with Gasteiger partial charge < -0.3 is 14.6 Å². The fraction of sp³-hybridized carbons (Fsp3) is 0.148. The number of benzene rings is 3. The van der Waals surface area contributed by atoms with E-state index in [-0.39, 0.29) is 11.5 Å². The van der Waals surface area contributed by atoms with Crippen LogP contribution in [-0.4, -0.2) is 40.7 Å². The van der Waals surface area contributed by atoms with E-state index in [2.05, 4.69) is 27.6 Å². The Kier molecular flexibility index (Phi) is 8.32. The van der Waals surface area contributed by atoms with Gasteiger partial charge in [0.25, 0.3) is 5.91 Å². The van der Waals surface area contributed by atoms with Crippen LogP contribution in [0.3, 0.4) is 0 Å². The summed E-state index contributed by atoms with van der Waals surface area (Å²) in [5.41, 5.74) is 2.61. The van der Waals surface area contributed by atoms with Gasteiger partial charge in [0.2, 0.25) is 0 Å². The maximum Gasteiger partial charge on any atom is 0.335 e. The van der Waals surface area contributed by atoms with E-state index < -0.39 is 5.97 Å². The highest BCUT2D eigenvalue weighted by atomic mass is 127. The van der Waals surface area contributed by atoms with E-state index in [1.54, 1.807) is 25.3 Å². The lowest BCUT2D eigenvalue weighted by atomic mass is 10.1. The van der Waals surface area contributed by atoms with Crippen LogP contribution in [0.1, 0.15) is 28.4 Å². The first-order chi connectivity index (χ1) is 17.3. The summed E-state index contributed by atoms with van der Waals surface area (Å²) in [6.45, 7) is 2.81. The molecule has 1 heterocycles. The van der Waals surface area contributed by atoms with Gasteiger partial charge in [-0.05, 0) is 107 Å². The first-order valence-corrected chi connectivity index (χ1v) is 13.0. The molecule has 9 heteroatoms. The monoisotopic (exact) mass is 614 g/mol. The van der Waals surface area contributed by atoms with Gasteiger partial charge in [-0.25, -0.2) is 9.79 Å². The highest BCUT2D eigenvalue weighted by Crippen LogP contribution is 2.35. The molecule has 0 atom stereocenters. The van der Waals surface area contributed by atoms with Gasteiger partial charge in [-0.15, -0.1) is 0 Å². The summed E-state index contributed by atoms with van der Waals surface area (Å²) in [5.74, 6) is 0.0678. The largest absolute Gasteiger partial charge is 0.490 e. The molecule has 0 aromatic heterocycles. The number of hydrogen-bond donors (Lipinski definition) is 1. The number of amides is 1. The summed E-state index contributed by atoms with van der Waals surface area (Å²) in [6.07, 6.45) is 1.80. The van der Waals surface area contributed by atoms with Crippen LogP contribution in [0.4, 0.5) is 5.69 Å².